The van der Waals surface area contributed by atoms with Crippen molar-refractivity contribution in [3.63, 3.8) is 0 Å². The Balaban J connectivity index is 1.91. The molecule has 2 rings (SSSR count). The summed E-state index contributed by atoms with van der Waals surface area (Å²) in [7, 11) is 0. The van der Waals surface area contributed by atoms with E-state index in [4.69, 9.17) is 9.47 Å². The molecule has 3 atom stereocenters. The summed E-state index contributed by atoms with van der Waals surface area (Å²) < 4.78 is 12.3. The van der Waals surface area contributed by atoms with Gasteiger partial charge in [-0.3, -0.25) is 0 Å². The van der Waals surface area contributed by atoms with Gasteiger partial charge in [-0.25, -0.2) is 0 Å². The van der Waals surface area contributed by atoms with Crippen LogP contribution in [-0.2, 0) is 15.9 Å². The molecule has 140 valence electrons. The Hall–Kier alpha value is -1.16. The van der Waals surface area contributed by atoms with Crippen LogP contribution in [0.5, 0.6) is 0 Å². The maximum atomic E-state index is 9.81. The summed E-state index contributed by atoms with van der Waals surface area (Å²) in [6.45, 7) is 9.87. The molecule has 0 aliphatic carbocycles. The van der Waals surface area contributed by atoms with Crippen LogP contribution < -0.4 is 0 Å². The summed E-state index contributed by atoms with van der Waals surface area (Å²) in [6, 6.07) is 8.05. The van der Waals surface area contributed by atoms with Crippen molar-refractivity contribution in [1.29, 1.82) is 0 Å². The molecule has 0 aromatic heterocycles. The zero-order valence-electron chi connectivity index (χ0n) is 16.0. The highest BCUT2D eigenvalue weighted by Gasteiger charge is 2.40. The van der Waals surface area contributed by atoms with Crippen LogP contribution in [0.3, 0.4) is 0 Å². The van der Waals surface area contributed by atoms with E-state index in [1.54, 1.807) is 6.08 Å². The van der Waals surface area contributed by atoms with Gasteiger partial charge in [0.05, 0.1) is 18.3 Å². The van der Waals surface area contributed by atoms with Crippen LogP contribution in [0.1, 0.15) is 76.5 Å². The van der Waals surface area contributed by atoms with E-state index in [0.717, 1.165) is 18.4 Å². The minimum Gasteiger partial charge on any atom is -0.384 e. The molecule has 0 spiro atoms. The molecule has 3 nitrogen and oxygen atoms in total. The fourth-order valence-electron chi connectivity index (χ4n) is 3.49. The average Bonchev–Trinajstić information content (AvgIpc) is 2.88. The summed E-state index contributed by atoms with van der Waals surface area (Å²) in [5, 5.41) is 9.81. The molecule has 1 heterocycles. The smallest absolute Gasteiger partial charge is 0.163 e. The average molecular weight is 347 g/mol. The molecule has 1 aliphatic rings. The van der Waals surface area contributed by atoms with Crippen molar-refractivity contribution >= 4 is 0 Å². The first-order chi connectivity index (χ1) is 11.9. The first-order valence-electron chi connectivity index (χ1n) is 9.70. The molecule has 1 N–H and O–H groups in total. The second kappa shape index (κ2) is 9.51. The standard InChI is InChI=1S/C22H34O3/c1-5-7-8-9-10-11-20-21(25-22(3,4)24-20)16-17-12-14-18(15-13-17)19(23)6-2/h6,12-15,19-21,23H,2,5,7-11,16H2,1,3-4H3/t19-,20+,21+/m0/s1. The second-order valence-corrected chi connectivity index (χ2v) is 7.54. The number of aliphatic hydroxyl groups excluding tert-OH is 1. The predicted molar refractivity (Wildman–Crippen MR) is 103 cm³/mol. The van der Waals surface area contributed by atoms with E-state index in [2.05, 4.69) is 25.6 Å². The van der Waals surface area contributed by atoms with Crippen molar-refractivity contribution in [2.45, 2.75) is 89.8 Å². The first kappa shape index (κ1) is 20.2. The zero-order valence-corrected chi connectivity index (χ0v) is 16.0. The summed E-state index contributed by atoms with van der Waals surface area (Å²) in [5.41, 5.74) is 2.08. The number of rotatable bonds is 10. The van der Waals surface area contributed by atoms with Crippen molar-refractivity contribution in [1.82, 2.24) is 0 Å². The highest BCUT2D eigenvalue weighted by molar-refractivity contribution is 5.26. The van der Waals surface area contributed by atoms with Gasteiger partial charge in [-0.15, -0.1) is 6.58 Å². The van der Waals surface area contributed by atoms with Crippen LogP contribution in [-0.4, -0.2) is 23.1 Å². The van der Waals surface area contributed by atoms with Crippen LogP contribution in [0.4, 0.5) is 0 Å². The van der Waals surface area contributed by atoms with Gasteiger partial charge in [0.15, 0.2) is 5.79 Å². The van der Waals surface area contributed by atoms with E-state index in [1.165, 1.54) is 37.7 Å². The van der Waals surface area contributed by atoms with Gasteiger partial charge in [-0.05, 0) is 31.4 Å². The third-order valence-corrected chi connectivity index (χ3v) is 4.86. The number of ether oxygens (including phenoxy) is 2. The van der Waals surface area contributed by atoms with Gasteiger partial charge < -0.3 is 14.6 Å². The van der Waals surface area contributed by atoms with Crippen LogP contribution >= 0.6 is 0 Å². The maximum Gasteiger partial charge on any atom is 0.163 e. The number of unbranched alkanes of at least 4 members (excludes halogenated alkanes) is 4. The van der Waals surface area contributed by atoms with E-state index in [-0.39, 0.29) is 12.2 Å². The molecule has 25 heavy (non-hydrogen) atoms. The molecule has 0 bridgehead atoms. The Labute approximate surface area is 153 Å². The third kappa shape index (κ3) is 6.25. The molecular formula is C22H34O3. The van der Waals surface area contributed by atoms with Gasteiger partial charge >= 0.3 is 0 Å². The molecule has 0 amide bonds. The molecule has 1 aromatic carbocycles. The van der Waals surface area contributed by atoms with Crippen LogP contribution in [0.25, 0.3) is 0 Å². The largest absolute Gasteiger partial charge is 0.384 e. The summed E-state index contributed by atoms with van der Waals surface area (Å²) in [5.74, 6) is -0.502. The lowest BCUT2D eigenvalue weighted by molar-refractivity contribution is -0.146. The van der Waals surface area contributed by atoms with Gasteiger partial charge in [0.1, 0.15) is 0 Å². The normalized spacial score (nSPS) is 23.5. The maximum absolute atomic E-state index is 9.81. The second-order valence-electron chi connectivity index (χ2n) is 7.54. The van der Waals surface area contributed by atoms with Crippen molar-refractivity contribution in [2.75, 3.05) is 0 Å². The summed E-state index contributed by atoms with van der Waals surface area (Å²) in [6.07, 6.45) is 9.47. The zero-order chi connectivity index (χ0) is 18.3. The lowest BCUT2D eigenvalue weighted by atomic mass is 9.98. The molecule has 3 heteroatoms. The van der Waals surface area contributed by atoms with Gasteiger partial charge in [0.2, 0.25) is 0 Å². The quantitative estimate of drug-likeness (QED) is 0.460. The number of aliphatic hydroxyl groups is 1. The van der Waals surface area contributed by atoms with E-state index in [1.807, 2.05) is 26.0 Å². The van der Waals surface area contributed by atoms with Crippen LogP contribution in [0.2, 0.25) is 0 Å². The van der Waals surface area contributed by atoms with E-state index in [0.29, 0.717) is 0 Å². The number of hydrogen-bond donors (Lipinski definition) is 1. The summed E-state index contributed by atoms with van der Waals surface area (Å²) in [4.78, 5) is 0. The molecule has 1 fully saturated rings. The molecule has 0 saturated carbocycles. The first-order valence-corrected chi connectivity index (χ1v) is 9.70. The Morgan fingerprint density at radius 2 is 1.72 bits per heavy atom. The Kier molecular flexibility index (Phi) is 7.67. The van der Waals surface area contributed by atoms with Gasteiger partial charge in [0, 0.05) is 6.42 Å². The van der Waals surface area contributed by atoms with Crippen LogP contribution in [0, 0.1) is 0 Å². The van der Waals surface area contributed by atoms with E-state index < -0.39 is 11.9 Å². The Bertz CT molecular complexity index is 521. The predicted octanol–water partition coefficient (Wildman–Crippen LogP) is 5.33. The SMILES string of the molecule is C=C[C@H](O)c1ccc(C[C@H]2OC(C)(C)O[C@@H]2CCCCCCC)cc1. The lowest BCUT2D eigenvalue weighted by Crippen LogP contribution is -2.25. The Morgan fingerprint density at radius 3 is 2.36 bits per heavy atom. The van der Waals surface area contributed by atoms with Crippen LogP contribution in [0.15, 0.2) is 36.9 Å². The molecular weight excluding hydrogens is 312 g/mol. The fraction of sp³-hybridized carbons (Fsp3) is 0.636. The number of hydrogen-bond acceptors (Lipinski definition) is 3. The highest BCUT2D eigenvalue weighted by Crippen LogP contribution is 2.33. The topological polar surface area (TPSA) is 38.7 Å². The van der Waals surface area contributed by atoms with Crippen molar-refractivity contribution in [3.8, 4) is 0 Å². The fourth-order valence-corrected chi connectivity index (χ4v) is 3.49. The van der Waals surface area contributed by atoms with Gasteiger partial charge in [0.25, 0.3) is 0 Å². The molecule has 1 aliphatic heterocycles. The monoisotopic (exact) mass is 346 g/mol. The molecule has 1 aromatic rings. The Morgan fingerprint density at radius 1 is 1.08 bits per heavy atom. The van der Waals surface area contributed by atoms with E-state index in [9.17, 15) is 5.11 Å². The number of benzene rings is 1. The molecule has 0 unspecified atom stereocenters. The van der Waals surface area contributed by atoms with Crippen molar-refractivity contribution < 1.29 is 14.6 Å². The molecule has 0 radical (unpaired) electrons. The minimum atomic E-state index is -0.602. The third-order valence-electron chi connectivity index (χ3n) is 4.86. The van der Waals surface area contributed by atoms with Gasteiger partial charge in [-0.1, -0.05) is 69.4 Å². The van der Waals surface area contributed by atoms with Crippen molar-refractivity contribution in [2.24, 2.45) is 0 Å². The highest BCUT2D eigenvalue weighted by atomic mass is 16.7. The lowest BCUT2D eigenvalue weighted by Gasteiger charge is -2.17. The van der Waals surface area contributed by atoms with E-state index >= 15 is 0 Å². The van der Waals surface area contributed by atoms with Gasteiger partial charge in [-0.2, -0.15) is 0 Å². The summed E-state index contributed by atoms with van der Waals surface area (Å²) >= 11 is 0. The molecule has 1 saturated heterocycles. The minimum absolute atomic E-state index is 0.0938. The van der Waals surface area contributed by atoms with Crippen molar-refractivity contribution in [3.05, 3.63) is 48.0 Å².